The highest BCUT2D eigenvalue weighted by Gasteiger charge is 2.10. The van der Waals surface area contributed by atoms with E-state index in [0.29, 0.717) is 36.0 Å². The monoisotopic (exact) mass is 308 g/mol. The van der Waals surface area contributed by atoms with E-state index in [4.69, 9.17) is 4.42 Å². The van der Waals surface area contributed by atoms with Gasteiger partial charge in [-0.1, -0.05) is 0 Å². The number of aromatic nitrogens is 2. The SMILES string of the molecule is O=CNc1ccc(-c2nnc(-c3ccc(NC=O)cc3)o2)cc1. The van der Waals surface area contributed by atoms with Gasteiger partial charge in [0.25, 0.3) is 0 Å². The van der Waals surface area contributed by atoms with Crippen molar-refractivity contribution in [3.8, 4) is 22.9 Å². The van der Waals surface area contributed by atoms with Gasteiger partial charge in [-0.05, 0) is 48.5 Å². The molecular weight excluding hydrogens is 296 g/mol. The molecule has 0 fully saturated rings. The summed E-state index contributed by atoms with van der Waals surface area (Å²) in [6, 6.07) is 14.1. The van der Waals surface area contributed by atoms with Crippen molar-refractivity contribution in [2.24, 2.45) is 0 Å². The van der Waals surface area contributed by atoms with Gasteiger partial charge in [0, 0.05) is 22.5 Å². The smallest absolute Gasteiger partial charge is 0.248 e. The number of hydrogen-bond donors (Lipinski definition) is 2. The molecule has 0 atom stereocenters. The third-order valence-electron chi connectivity index (χ3n) is 3.14. The zero-order valence-corrected chi connectivity index (χ0v) is 11.9. The van der Waals surface area contributed by atoms with E-state index in [1.54, 1.807) is 48.5 Å². The number of hydrogen-bond acceptors (Lipinski definition) is 5. The molecule has 23 heavy (non-hydrogen) atoms. The van der Waals surface area contributed by atoms with Gasteiger partial charge in [-0.2, -0.15) is 0 Å². The Hall–Kier alpha value is -3.48. The van der Waals surface area contributed by atoms with Crippen molar-refractivity contribution in [3.05, 3.63) is 48.5 Å². The largest absolute Gasteiger partial charge is 0.416 e. The molecule has 7 nitrogen and oxygen atoms in total. The lowest BCUT2D eigenvalue weighted by atomic mass is 10.2. The minimum Gasteiger partial charge on any atom is -0.416 e. The van der Waals surface area contributed by atoms with Gasteiger partial charge in [-0.3, -0.25) is 9.59 Å². The number of nitrogens with zero attached hydrogens (tertiary/aromatic N) is 2. The first-order valence-electron chi connectivity index (χ1n) is 6.75. The molecule has 114 valence electrons. The topological polar surface area (TPSA) is 97.1 Å². The minimum absolute atomic E-state index is 0.382. The summed E-state index contributed by atoms with van der Waals surface area (Å²) in [6.45, 7) is 0. The zero-order valence-electron chi connectivity index (χ0n) is 11.9. The fourth-order valence-electron chi connectivity index (χ4n) is 2.01. The highest BCUT2D eigenvalue weighted by molar-refractivity contribution is 5.73. The summed E-state index contributed by atoms with van der Waals surface area (Å²) >= 11 is 0. The van der Waals surface area contributed by atoms with Gasteiger partial charge >= 0.3 is 0 Å². The number of anilines is 2. The predicted molar refractivity (Wildman–Crippen MR) is 84.5 cm³/mol. The Balaban J connectivity index is 1.81. The maximum Gasteiger partial charge on any atom is 0.248 e. The van der Waals surface area contributed by atoms with Crippen LogP contribution in [0.3, 0.4) is 0 Å². The molecule has 2 amide bonds. The first-order chi connectivity index (χ1) is 11.3. The summed E-state index contributed by atoms with van der Waals surface area (Å²) in [7, 11) is 0. The van der Waals surface area contributed by atoms with Gasteiger partial charge in [0.15, 0.2) is 0 Å². The van der Waals surface area contributed by atoms with E-state index in [2.05, 4.69) is 20.8 Å². The van der Waals surface area contributed by atoms with Crippen molar-refractivity contribution in [2.45, 2.75) is 0 Å². The van der Waals surface area contributed by atoms with Crippen molar-refractivity contribution in [1.82, 2.24) is 10.2 Å². The highest BCUT2D eigenvalue weighted by atomic mass is 16.4. The summed E-state index contributed by atoms with van der Waals surface area (Å²) in [5, 5.41) is 13.1. The molecule has 7 heteroatoms. The Morgan fingerprint density at radius 2 is 1.09 bits per heavy atom. The first kappa shape index (κ1) is 14.5. The van der Waals surface area contributed by atoms with Gasteiger partial charge in [0.2, 0.25) is 24.6 Å². The molecule has 0 saturated carbocycles. The second-order valence-electron chi connectivity index (χ2n) is 4.59. The molecular formula is C16H12N4O3. The van der Waals surface area contributed by atoms with Crippen LogP contribution >= 0.6 is 0 Å². The Kier molecular flexibility index (Phi) is 4.10. The van der Waals surface area contributed by atoms with Gasteiger partial charge in [0.05, 0.1) is 0 Å². The van der Waals surface area contributed by atoms with Gasteiger partial charge in [-0.25, -0.2) is 0 Å². The second kappa shape index (κ2) is 6.52. The van der Waals surface area contributed by atoms with Gasteiger partial charge in [0.1, 0.15) is 0 Å². The van der Waals surface area contributed by atoms with Crippen molar-refractivity contribution >= 4 is 24.2 Å². The van der Waals surface area contributed by atoms with Crippen LogP contribution < -0.4 is 10.6 Å². The third kappa shape index (κ3) is 3.24. The lowest BCUT2D eigenvalue weighted by Crippen LogP contribution is -1.92. The molecule has 0 bridgehead atoms. The maximum atomic E-state index is 10.4. The quantitative estimate of drug-likeness (QED) is 0.682. The molecule has 1 heterocycles. The molecule has 2 aromatic carbocycles. The van der Waals surface area contributed by atoms with E-state index >= 15 is 0 Å². The molecule has 0 spiro atoms. The van der Waals surface area contributed by atoms with Crippen LogP contribution in [0.4, 0.5) is 11.4 Å². The van der Waals surface area contributed by atoms with E-state index < -0.39 is 0 Å². The van der Waals surface area contributed by atoms with Crippen LogP contribution in [0.15, 0.2) is 52.9 Å². The summed E-state index contributed by atoms with van der Waals surface area (Å²) in [5.74, 6) is 0.764. The lowest BCUT2D eigenvalue weighted by Gasteiger charge is -2.00. The zero-order chi connectivity index (χ0) is 16.1. The third-order valence-corrected chi connectivity index (χ3v) is 3.14. The molecule has 1 aromatic heterocycles. The maximum absolute atomic E-state index is 10.4. The van der Waals surface area contributed by atoms with Crippen LogP contribution in [-0.4, -0.2) is 23.0 Å². The van der Waals surface area contributed by atoms with Crippen molar-refractivity contribution in [3.63, 3.8) is 0 Å². The van der Waals surface area contributed by atoms with Gasteiger partial charge in [-0.15, -0.1) is 10.2 Å². The van der Waals surface area contributed by atoms with E-state index in [1.165, 1.54) is 0 Å². The molecule has 0 aliphatic heterocycles. The molecule has 0 unspecified atom stereocenters. The number of nitrogens with one attached hydrogen (secondary N) is 2. The number of benzene rings is 2. The molecule has 0 aliphatic carbocycles. The fourth-order valence-corrected chi connectivity index (χ4v) is 2.01. The number of carbonyl (C=O) groups is 2. The normalized spacial score (nSPS) is 10.1. The van der Waals surface area contributed by atoms with Crippen molar-refractivity contribution in [2.75, 3.05) is 10.6 Å². The average molecular weight is 308 g/mol. The summed E-state index contributed by atoms with van der Waals surface area (Å²) in [6.07, 6.45) is 1.23. The van der Waals surface area contributed by atoms with Crippen molar-refractivity contribution in [1.29, 1.82) is 0 Å². The molecule has 2 N–H and O–H groups in total. The Labute approximate surface area is 131 Å². The minimum atomic E-state index is 0.382. The average Bonchev–Trinajstić information content (AvgIpc) is 3.07. The second-order valence-corrected chi connectivity index (χ2v) is 4.59. The van der Waals surface area contributed by atoms with Crippen molar-refractivity contribution < 1.29 is 14.0 Å². The Morgan fingerprint density at radius 1 is 0.696 bits per heavy atom. The highest BCUT2D eigenvalue weighted by Crippen LogP contribution is 2.25. The Morgan fingerprint density at radius 3 is 1.43 bits per heavy atom. The molecule has 0 aliphatic rings. The summed E-state index contributed by atoms with van der Waals surface area (Å²) < 4.78 is 5.65. The summed E-state index contributed by atoms with van der Waals surface area (Å²) in [5.41, 5.74) is 2.86. The van der Waals surface area contributed by atoms with E-state index in [-0.39, 0.29) is 0 Å². The molecule has 0 radical (unpaired) electrons. The Bertz CT molecular complexity index is 742. The summed E-state index contributed by atoms with van der Waals surface area (Å²) in [4.78, 5) is 20.8. The van der Waals surface area contributed by atoms with E-state index in [0.717, 1.165) is 11.1 Å². The van der Waals surface area contributed by atoms with E-state index in [1.807, 2.05) is 0 Å². The number of rotatable bonds is 6. The van der Waals surface area contributed by atoms with Crippen LogP contribution in [0, 0.1) is 0 Å². The first-order valence-corrected chi connectivity index (χ1v) is 6.75. The number of carbonyl (C=O) groups excluding carboxylic acids is 2. The lowest BCUT2D eigenvalue weighted by molar-refractivity contribution is -0.106. The molecule has 3 rings (SSSR count). The van der Waals surface area contributed by atoms with Crippen LogP contribution in [0.25, 0.3) is 22.9 Å². The predicted octanol–water partition coefficient (Wildman–Crippen LogP) is 2.54. The standard InChI is InChI=1S/C16H12N4O3/c21-9-17-13-5-1-11(2-6-13)15-19-20-16(23-15)12-3-7-14(8-4-12)18-10-22/h1-10H,(H,17,21)(H,18,22). The molecule has 3 aromatic rings. The van der Waals surface area contributed by atoms with Crippen LogP contribution in [-0.2, 0) is 9.59 Å². The fraction of sp³-hybridized carbons (Fsp3) is 0. The van der Waals surface area contributed by atoms with Crippen LogP contribution in [0.2, 0.25) is 0 Å². The van der Waals surface area contributed by atoms with E-state index in [9.17, 15) is 9.59 Å². The van der Waals surface area contributed by atoms with Crippen LogP contribution in [0.5, 0.6) is 0 Å². The van der Waals surface area contributed by atoms with Crippen LogP contribution in [0.1, 0.15) is 0 Å². The number of amides is 2. The van der Waals surface area contributed by atoms with Gasteiger partial charge < -0.3 is 15.1 Å². The molecule has 0 saturated heterocycles.